The summed E-state index contributed by atoms with van der Waals surface area (Å²) in [6, 6.07) is 9.43. The van der Waals surface area contributed by atoms with Gasteiger partial charge in [0, 0.05) is 6.20 Å². The first-order chi connectivity index (χ1) is 9.58. The van der Waals surface area contributed by atoms with Crippen LogP contribution < -0.4 is 5.32 Å². The van der Waals surface area contributed by atoms with E-state index < -0.39 is 6.09 Å². The lowest BCUT2D eigenvalue weighted by atomic mass is 10.2. The summed E-state index contributed by atoms with van der Waals surface area (Å²) in [6.07, 6.45) is 0.953. The molecule has 1 aromatic carbocycles. The van der Waals surface area contributed by atoms with Crippen LogP contribution >= 0.6 is 50.1 Å². The van der Waals surface area contributed by atoms with E-state index in [0.717, 1.165) is 5.56 Å². The molecule has 104 valence electrons. The fourth-order valence-corrected chi connectivity index (χ4v) is 2.76. The van der Waals surface area contributed by atoms with Gasteiger partial charge in [0.15, 0.2) is 0 Å². The van der Waals surface area contributed by atoms with Gasteiger partial charge in [0.2, 0.25) is 0 Å². The molecule has 1 amide bonds. The number of nitrogens with zero attached hydrogens (tertiary/aromatic N) is 1. The van der Waals surface area contributed by atoms with Gasteiger partial charge >= 0.3 is 6.09 Å². The zero-order chi connectivity index (χ0) is 14.5. The molecule has 4 nitrogen and oxygen atoms in total. The maximum Gasteiger partial charge on any atom is 0.413 e. The van der Waals surface area contributed by atoms with Crippen molar-refractivity contribution in [3.8, 4) is 0 Å². The highest BCUT2D eigenvalue weighted by atomic mass is 127. The molecule has 2 rings (SSSR count). The quantitative estimate of drug-likeness (QED) is 0.657. The van der Waals surface area contributed by atoms with Gasteiger partial charge in [-0.05, 0) is 44.1 Å². The first-order valence-corrected chi connectivity index (χ1v) is 7.80. The molecular weight excluding hydrogens is 458 g/mol. The lowest BCUT2D eigenvalue weighted by molar-refractivity contribution is 0.155. The molecule has 20 heavy (non-hydrogen) atoms. The van der Waals surface area contributed by atoms with Crippen LogP contribution in [0.2, 0.25) is 5.02 Å². The van der Waals surface area contributed by atoms with E-state index >= 15 is 0 Å². The van der Waals surface area contributed by atoms with Gasteiger partial charge in [-0.15, -0.1) is 0 Å². The van der Waals surface area contributed by atoms with E-state index in [1.165, 1.54) is 6.20 Å². The minimum absolute atomic E-state index is 0.202. The van der Waals surface area contributed by atoms with Crippen LogP contribution in [0.25, 0.3) is 0 Å². The lowest BCUT2D eigenvalue weighted by Gasteiger charge is -2.09. The summed E-state index contributed by atoms with van der Waals surface area (Å²) in [7, 11) is 0. The maximum absolute atomic E-state index is 11.7. The number of nitrogens with one attached hydrogen (secondary N) is 1. The molecule has 0 aliphatic carbocycles. The second-order valence-corrected chi connectivity index (χ2v) is 6.08. The number of pyridine rings is 1. The van der Waals surface area contributed by atoms with Gasteiger partial charge in [-0.2, -0.15) is 0 Å². The first-order valence-electron chi connectivity index (χ1n) is 5.55. The number of hydrogen-bond donors (Lipinski definition) is 1. The monoisotopic (exact) mass is 466 g/mol. The first kappa shape index (κ1) is 15.5. The van der Waals surface area contributed by atoms with Crippen LogP contribution in [0.4, 0.5) is 10.6 Å². The van der Waals surface area contributed by atoms with Crippen LogP contribution in [-0.4, -0.2) is 11.1 Å². The molecule has 0 saturated carbocycles. The zero-order valence-corrected chi connectivity index (χ0v) is 14.6. The molecule has 0 bridgehead atoms. The summed E-state index contributed by atoms with van der Waals surface area (Å²) in [5.74, 6) is 0.372. The van der Waals surface area contributed by atoms with Crippen molar-refractivity contribution in [2.45, 2.75) is 6.61 Å². The number of amides is 1. The van der Waals surface area contributed by atoms with Crippen LogP contribution in [0.3, 0.4) is 0 Å². The van der Waals surface area contributed by atoms with Gasteiger partial charge in [0.05, 0.1) is 13.1 Å². The third-order valence-corrected chi connectivity index (χ3v) is 4.94. The molecule has 0 spiro atoms. The minimum atomic E-state index is -0.572. The van der Waals surface area contributed by atoms with Gasteiger partial charge in [-0.3, -0.25) is 5.32 Å². The lowest BCUT2D eigenvalue weighted by Crippen LogP contribution is -2.15. The predicted molar refractivity (Wildman–Crippen MR) is 89.9 cm³/mol. The second-order valence-electron chi connectivity index (χ2n) is 3.77. The molecule has 7 heteroatoms. The fraction of sp³-hybridized carbons (Fsp3) is 0.0769. The van der Waals surface area contributed by atoms with Gasteiger partial charge in [0.25, 0.3) is 0 Å². The predicted octanol–water partition coefficient (Wildman–Crippen LogP) is 4.85. The second kappa shape index (κ2) is 7.24. The number of aromatic nitrogens is 1. The summed E-state index contributed by atoms with van der Waals surface area (Å²) in [4.78, 5) is 15.8. The summed E-state index contributed by atoms with van der Waals surface area (Å²) in [5.41, 5.74) is 0.916. The summed E-state index contributed by atoms with van der Waals surface area (Å²) >= 11 is 11.3. The van der Waals surface area contributed by atoms with E-state index in [0.29, 0.717) is 18.9 Å². The summed E-state index contributed by atoms with van der Waals surface area (Å²) in [6.45, 7) is 0.202. The molecule has 0 unspecified atom stereocenters. The number of rotatable bonds is 3. The van der Waals surface area contributed by atoms with Crippen LogP contribution in [0.5, 0.6) is 0 Å². The van der Waals surface area contributed by atoms with Crippen LogP contribution in [0.1, 0.15) is 5.56 Å². The molecule has 0 radical (unpaired) electrons. The molecule has 1 N–H and O–H groups in total. The van der Waals surface area contributed by atoms with Crippen LogP contribution in [-0.2, 0) is 11.3 Å². The Hall–Kier alpha value is -0.860. The number of anilines is 1. The Balaban J connectivity index is 1.97. The molecule has 0 aliphatic heterocycles. The van der Waals surface area contributed by atoms with Crippen molar-refractivity contribution in [3.05, 3.63) is 55.2 Å². The molecule has 0 fully saturated rings. The largest absolute Gasteiger partial charge is 0.444 e. The molecule has 0 atom stereocenters. The van der Waals surface area contributed by atoms with Crippen molar-refractivity contribution in [2.24, 2.45) is 0 Å². The summed E-state index contributed by atoms with van der Waals surface area (Å²) in [5, 5.41) is 3.06. The zero-order valence-electron chi connectivity index (χ0n) is 10.1. The van der Waals surface area contributed by atoms with Gasteiger partial charge < -0.3 is 4.74 Å². The molecule has 1 aromatic heterocycles. The number of carbonyl (C=O) groups excluding carboxylic acids is 1. The highest BCUT2D eigenvalue weighted by Gasteiger charge is 2.12. The Morgan fingerprint density at radius 2 is 2.10 bits per heavy atom. The van der Waals surface area contributed by atoms with E-state index in [1.54, 1.807) is 0 Å². The SMILES string of the molecule is O=C(Nc1ncc(Br)c(Cl)c1I)OCc1ccccc1. The number of halogens is 3. The normalized spacial score (nSPS) is 10.2. The van der Waals surface area contributed by atoms with E-state index in [-0.39, 0.29) is 6.61 Å². The number of carbonyl (C=O) groups is 1. The van der Waals surface area contributed by atoms with Crippen LogP contribution in [0.15, 0.2) is 41.0 Å². The fourth-order valence-electron chi connectivity index (χ4n) is 1.39. The van der Waals surface area contributed by atoms with Crippen molar-refractivity contribution in [2.75, 3.05) is 5.32 Å². The molecule has 1 heterocycles. The Kier molecular flexibility index (Phi) is 5.62. The summed E-state index contributed by atoms with van der Waals surface area (Å²) < 4.78 is 6.43. The average molecular weight is 467 g/mol. The van der Waals surface area contributed by atoms with E-state index in [4.69, 9.17) is 16.3 Å². The Labute approximate surface area is 143 Å². The average Bonchev–Trinajstić information content (AvgIpc) is 2.47. The minimum Gasteiger partial charge on any atom is -0.444 e. The highest BCUT2D eigenvalue weighted by molar-refractivity contribution is 14.1. The Morgan fingerprint density at radius 3 is 2.80 bits per heavy atom. The third kappa shape index (κ3) is 4.07. The van der Waals surface area contributed by atoms with Crippen molar-refractivity contribution in [1.82, 2.24) is 4.98 Å². The smallest absolute Gasteiger partial charge is 0.413 e. The number of hydrogen-bond acceptors (Lipinski definition) is 3. The number of ether oxygens (including phenoxy) is 1. The third-order valence-electron chi connectivity index (χ3n) is 2.35. The van der Waals surface area contributed by atoms with Gasteiger partial charge in [-0.25, -0.2) is 9.78 Å². The van der Waals surface area contributed by atoms with Gasteiger partial charge in [0.1, 0.15) is 12.4 Å². The van der Waals surface area contributed by atoms with Gasteiger partial charge in [-0.1, -0.05) is 41.9 Å². The van der Waals surface area contributed by atoms with Crippen molar-refractivity contribution in [3.63, 3.8) is 0 Å². The van der Waals surface area contributed by atoms with Crippen molar-refractivity contribution < 1.29 is 9.53 Å². The topological polar surface area (TPSA) is 51.2 Å². The van der Waals surface area contributed by atoms with E-state index in [2.05, 4.69) is 26.2 Å². The molecule has 0 aliphatic rings. The van der Waals surface area contributed by atoms with E-state index in [9.17, 15) is 4.79 Å². The van der Waals surface area contributed by atoms with Crippen molar-refractivity contribution in [1.29, 1.82) is 0 Å². The number of benzene rings is 1. The van der Waals surface area contributed by atoms with Crippen molar-refractivity contribution >= 4 is 62.0 Å². The highest BCUT2D eigenvalue weighted by Crippen LogP contribution is 2.31. The Morgan fingerprint density at radius 1 is 1.40 bits per heavy atom. The molecule has 0 saturated heterocycles. The molecular formula is C13H9BrClIN2O2. The van der Waals surface area contributed by atoms with E-state index in [1.807, 2.05) is 52.9 Å². The van der Waals surface area contributed by atoms with Crippen LogP contribution in [0, 0.1) is 3.57 Å². The standard InChI is InChI=1S/C13H9BrClIN2O2/c14-9-6-17-12(11(16)10(9)15)18-13(19)20-7-8-4-2-1-3-5-8/h1-6H,7H2,(H,17,18,19). The Bertz CT molecular complexity index is 625. The molecule has 2 aromatic rings. The maximum atomic E-state index is 11.7.